The van der Waals surface area contributed by atoms with Gasteiger partial charge in [-0.1, -0.05) is 0 Å². The Balaban J connectivity index is 0. The third kappa shape index (κ3) is 12.7. The van der Waals surface area contributed by atoms with Crippen LogP contribution < -0.4 is 10.6 Å². The molecule has 0 unspecified atom stereocenters. The van der Waals surface area contributed by atoms with Crippen molar-refractivity contribution in [3.8, 4) is 0 Å². The van der Waals surface area contributed by atoms with Crippen LogP contribution in [-0.2, 0) is 0 Å². The molecule has 0 aliphatic rings. The monoisotopic (exact) mass is 171 g/mol. The fourth-order valence-corrected chi connectivity index (χ4v) is 0.339. The molecule has 0 heterocycles. The summed E-state index contributed by atoms with van der Waals surface area (Å²) in [5.41, 5.74) is 0. The van der Waals surface area contributed by atoms with Gasteiger partial charge in [0.05, 0.1) is 0 Å². The second-order valence-corrected chi connectivity index (χ2v) is 1.46. The summed E-state index contributed by atoms with van der Waals surface area (Å²) in [6.07, 6.45) is -2.32. The van der Waals surface area contributed by atoms with E-state index in [0.29, 0.717) is 0 Å². The molecular weight excluding hydrogens is 163 g/mol. The summed E-state index contributed by atoms with van der Waals surface area (Å²) in [5.74, 6) is 0. The summed E-state index contributed by atoms with van der Waals surface area (Å²) < 4.78 is 0. The van der Waals surface area contributed by atoms with E-state index in [9.17, 15) is 9.59 Å². The first-order valence-corrected chi connectivity index (χ1v) is 2.56. The van der Waals surface area contributed by atoms with Crippen LogP contribution in [0.25, 0.3) is 0 Å². The van der Waals surface area contributed by atoms with Crippen LogP contribution in [0.3, 0.4) is 0 Å². The average molecular weight is 171 g/mol. The Bertz CT molecular complexity index is 124. The molecule has 0 aliphatic heterocycles. The molecule has 4 N–H and O–H groups in total. The molecule has 0 aromatic carbocycles. The maximum absolute atomic E-state index is 9.76. The molecule has 0 atom stereocenters. The Morgan fingerprint density at radius 1 is 1.00 bits per heavy atom. The van der Waals surface area contributed by atoms with Crippen molar-refractivity contribution in [2.75, 3.05) is 13.1 Å². The predicted molar refractivity (Wildman–Crippen MR) is 37.8 cm³/mol. The number of rotatable bonds is 3. The smallest absolute Gasteiger partial charge is 0.404 e. The van der Waals surface area contributed by atoms with Gasteiger partial charge < -0.3 is 20.8 Å². The Hall–Kier alpha value is -0.460. The topological polar surface area (TPSA) is 98.7 Å². The minimum atomic E-state index is -1.16. The first-order valence-electron chi connectivity index (χ1n) is 2.56. The zero-order valence-electron chi connectivity index (χ0n) is 6.13. The van der Waals surface area contributed by atoms with Crippen LogP contribution in [0.15, 0.2) is 0 Å². The molecule has 0 bridgehead atoms. The molecule has 0 rings (SSSR count). The van der Waals surface area contributed by atoms with Crippen LogP contribution in [0.2, 0.25) is 0 Å². The zero-order chi connectivity index (χ0) is 7.98. The molecule has 0 saturated carbocycles. The summed E-state index contributed by atoms with van der Waals surface area (Å²) in [5, 5.41) is 20.0. The molecule has 6 nitrogen and oxygen atoms in total. The number of nitrogens with one attached hydrogen (secondary N) is 2. The van der Waals surface area contributed by atoms with Gasteiger partial charge in [0.15, 0.2) is 0 Å². The van der Waals surface area contributed by atoms with Gasteiger partial charge in [-0.25, -0.2) is 9.59 Å². The van der Waals surface area contributed by atoms with Crippen molar-refractivity contribution in [1.29, 1.82) is 0 Å². The molecule has 0 fully saturated rings. The minimum absolute atomic E-state index is 0. The van der Waals surface area contributed by atoms with Crippen LogP contribution in [0.4, 0.5) is 9.59 Å². The van der Waals surface area contributed by atoms with E-state index in [4.69, 9.17) is 10.2 Å². The second kappa shape index (κ2) is 7.64. The van der Waals surface area contributed by atoms with Gasteiger partial charge in [-0.2, -0.15) is 0 Å². The Labute approximate surface area is 85.3 Å². The molecule has 0 aromatic heterocycles. The second-order valence-electron chi connectivity index (χ2n) is 1.46. The van der Waals surface area contributed by atoms with Gasteiger partial charge in [0, 0.05) is 42.6 Å². The zero-order valence-corrected chi connectivity index (χ0v) is 8.13. The van der Waals surface area contributed by atoms with E-state index in [1.54, 1.807) is 0 Å². The number of carboxylic acid groups (broad SMARTS) is 2. The molecule has 2 amide bonds. The Kier molecular flexibility index (Phi) is 9.14. The Morgan fingerprint density at radius 3 is 1.45 bits per heavy atom. The molecule has 0 saturated heterocycles. The largest absolute Gasteiger partial charge is 0.465 e. The van der Waals surface area contributed by atoms with Crippen molar-refractivity contribution in [3.63, 3.8) is 0 Å². The normalized spacial score (nSPS) is 7.64. The van der Waals surface area contributed by atoms with Gasteiger partial charge >= 0.3 is 12.2 Å². The van der Waals surface area contributed by atoms with E-state index in [2.05, 4.69) is 0 Å². The predicted octanol–water partition coefficient (Wildman–Crippen LogP) is -0.859. The first-order chi connectivity index (χ1) is 4.63. The van der Waals surface area contributed by atoms with Gasteiger partial charge in [-0.15, -0.1) is 0 Å². The molecule has 7 heteroatoms. The van der Waals surface area contributed by atoms with Crippen LogP contribution in [-0.4, -0.2) is 65.0 Å². The van der Waals surface area contributed by atoms with Crippen LogP contribution >= 0.6 is 0 Å². The SMILES string of the molecule is O=C(O)NCCNC(=O)O.[Na]. The summed E-state index contributed by atoms with van der Waals surface area (Å²) in [7, 11) is 0. The molecule has 1 radical (unpaired) electrons. The molecular formula is C4H8N2NaO4. The maximum atomic E-state index is 9.76. The van der Waals surface area contributed by atoms with E-state index < -0.39 is 12.2 Å². The standard InChI is InChI=1S/C4H8N2O4.Na/c7-3(8)5-1-2-6-4(9)10;/h5-6H,1-2H2,(H,7,8)(H,9,10);. The van der Waals surface area contributed by atoms with Gasteiger partial charge in [0.1, 0.15) is 0 Å². The van der Waals surface area contributed by atoms with Crippen molar-refractivity contribution < 1.29 is 19.8 Å². The summed E-state index contributed by atoms with van der Waals surface area (Å²) in [6, 6.07) is 0. The van der Waals surface area contributed by atoms with Gasteiger partial charge in [0.25, 0.3) is 0 Å². The summed E-state index contributed by atoms with van der Waals surface area (Å²) in [6.45, 7) is 0.170. The molecule has 0 spiro atoms. The molecule has 59 valence electrons. The summed E-state index contributed by atoms with van der Waals surface area (Å²) in [4.78, 5) is 19.5. The van der Waals surface area contributed by atoms with Crippen molar-refractivity contribution in [2.45, 2.75) is 0 Å². The third-order valence-electron chi connectivity index (χ3n) is 0.677. The Morgan fingerprint density at radius 2 is 1.27 bits per heavy atom. The van der Waals surface area contributed by atoms with E-state index in [-0.39, 0.29) is 42.6 Å². The third-order valence-corrected chi connectivity index (χ3v) is 0.677. The first kappa shape index (κ1) is 13.2. The molecule has 0 aromatic rings. The number of hydrogen-bond donors (Lipinski definition) is 4. The fourth-order valence-electron chi connectivity index (χ4n) is 0.339. The molecule has 11 heavy (non-hydrogen) atoms. The number of hydrogen-bond acceptors (Lipinski definition) is 2. The van der Waals surface area contributed by atoms with Gasteiger partial charge in [-0.05, 0) is 0 Å². The average Bonchev–Trinajstić information content (AvgIpc) is 1.79. The van der Waals surface area contributed by atoms with E-state index >= 15 is 0 Å². The van der Waals surface area contributed by atoms with E-state index in [1.165, 1.54) is 0 Å². The van der Waals surface area contributed by atoms with Crippen molar-refractivity contribution in [2.24, 2.45) is 0 Å². The summed E-state index contributed by atoms with van der Waals surface area (Å²) >= 11 is 0. The van der Waals surface area contributed by atoms with Crippen molar-refractivity contribution in [1.82, 2.24) is 10.6 Å². The minimum Gasteiger partial charge on any atom is -0.465 e. The van der Waals surface area contributed by atoms with E-state index in [0.717, 1.165) is 0 Å². The van der Waals surface area contributed by atoms with Crippen molar-refractivity contribution >= 4 is 41.7 Å². The van der Waals surface area contributed by atoms with Crippen LogP contribution in [0.1, 0.15) is 0 Å². The fraction of sp³-hybridized carbons (Fsp3) is 0.500. The quantitative estimate of drug-likeness (QED) is 0.328. The van der Waals surface area contributed by atoms with Gasteiger partial charge in [0.2, 0.25) is 0 Å². The maximum Gasteiger partial charge on any atom is 0.404 e. The number of amides is 2. The van der Waals surface area contributed by atoms with Crippen molar-refractivity contribution in [3.05, 3.63) is 0 Å². The van der Waals surface area contributed by atoms with Gasteiger partial charge in [-0.3, -0.25) is 0 Å². The number of carbonyl (C=O) groups is 2. The van der Waals surface area contributed by atoms with E-state index in [1.807, 2.05) is 10.6 Å². The van der Waals surface area contributed by atoms with Crippen LogP contribution in [0.5, 0.6) is 0 Å². The molecule has 0 aliphatic carbocycles. The van der Waals surface area contributed by atoms with Crippen LogP contribution in [0, 0.1) is 0 Å².